The third-order valence-corrected chi connectivity index (χ3v) is 5.44. The molecule has 0 saturated heterocycles. The van der Waals surface area contributed by atoms with E-state index in [1.165, 1.54) is 0 Å². The van der Waals surface area contributed by atoms with Gasteiger partial charge in [0, 0.05) is 10.9 Å². The van der Waals surface area contributed by atoms with E-state index in [-0.39, 0.29) is 24.3 Å². The second-order valence-electron chi connectivity index (χ2n) is 7.61. The third kappa shape index (κ3) is 3.99. The molecule has 0 spiro atoms. The fourth-order valence-corrected chi connectivity index (χ4v) is 3.77. The van der Waals surface area contributed by atoms with E-state index in [4.69, 9.17) is 18.6 Å². The summed E-state index contributed by atoms with van der Waals surface area (Å²) in [5.74, 6) is 2.10. The lowest BCUT2D eigenvalue weighted by Crippen LogP contribution is -2.27. The Morgan fingerprint density at radius 1 is 0.969 bits per heavy atom. The van der Waals surface area contributed by atoms with Crippen LogP contribution in [-0.2, 0) is 6.61 Å². The van der Waals surface area contributed by atoms with Crippen molar-refractivity contribution in [2.75, 3.05) is 13.2 Å². The molecule has 1 N–H and O–H groups in total. The molecule has 2 heterocycles. The van der Waals surface area contributed by atoms with E-state index in [9.17, 15) is 4.79 Å². The molecule has 1 aliphatic rings. The fourth-order valence-electron chi connectivity index (χ4n) is 3.77. The number of carbonyl (C=O) groups is 1. The Labute approximate surface area is 185 Å². The molecule has 162 valence electrons. The van der Waals surface area contributed by atoms with Crippen molar-refractivity contribution in [3.8, 4) is 17.2 Å². The second kappa shape index (κ2) is 8.67. The molecule has 1 atom stereocenters. The maximum Gasteiger partial charge on any atom is 0.287 e. The van der Waals surface area contributed by atoms with Gasteiger partial charge in [0.2, 0.25) is 0 Å². The number of rotatable bonds is 6. The number of amides is 1. The molecule has 0 fully saturated rings. The molecule has 6 heteroatoms. The fraction of sp³-hybridized carbons (Fsp3) is 0.192. The Hall–Kier alpha value is -3.93. The summed E-state index contributed by atoms with van der Waals surface area (Å²) in [5.41, 5.74) is 2.29. The van der Waals surface area contributed by atoms with Gasteiger partial charge >= 0.3 is 0 Å². The Morgan fingerprint density at radius 3 is 2.56 bits per heavy atom. The minimum Gasteiger partial charge on any atom is -0.489 e. The molecule has 0 aliphatic carbocycles. The van der Waals surface area contributed by atoms with Crippen LogP contribution in [0.5, 0.6) is 17.2 Å². The van der Waals surface area contributed by atoms with Gasteiger partial charge in [0.25, 0.3) is 5.91 Å². The molecule has 0 saturated carbocycles. The highest BCUT2D eigenvalue weighted by Crippen LogP contribution is 2.33. The predicted octanol–water partition coefficient (Wildman–Crippen LogP) is 5.27. The summed E-state index contributed by atoms with van der Waals surface area (Å²) >= 11 is 0. The van der Waals surface area contributed by atoms with Crippen LogP contribution in [0.2, 0.25) is 0 Å². The molecule has 6 nitrogen and oxygen atoms in total. The number of carbonyl (C=O) groups excluding carboxylic acids is 1. The first kappa shape index (κ1) is 20.0. The van der Waals surface area contributed by atoms with Crippen molar-refractivity contribution < 1.29 is 23.4 Å². The summed E-state index contributed by atoms with van der Waals surface area (Å²) in [6.07, 6.45) is 0. The van der Waals surface area contributed by atoms with Gasteiger partial charge in [0.15, 0.2) is 17.3 Å². The highest BCUT2D eigenvalue weighted by atomic mass is 16.6. The summed E-state index contributed by atoms with van der Waals surface area (Å²) in [4.78, 5) is 13.2. The van der Waals surface area contributed by atoms with Gasteiger partial charge in [-0.15, -0.1) is 0 Å². The summed E-state index contributed by atoms with van der Waals surface area (Å²) in [6, 6.07) is 22.5. The smallest absolute Gasteiger partial charge is 0.287 e. The summed E-state index contributed by atoms with van der Waals surface area (Å²) in [5, 5.41) is 3.90. The predicted molar refractivity (Wildman–Crippen MR) is 120 cm³/mol. The van der Waals surface area contributed by atoms with Gasteiger partial charge in [-0.2, -0.15) is 0 Å². The van der Waals surface area contributed by atoms with E-state index in [1.54, 1.807) is 0 Å². The molecule has 0 radical (unpaired) electrons. The Morgan fingerprint density at radius 2 is 1.72 bits per heavy atom. The first-order valence-corrected chi connectivity index (χ1v) is 10.6. The van der Waals surface area contributed by atoms with Crippen LogP contribution < -0.4 is 19.5 Å². The van der Waals surface area contributed by atoms with Gasteiger partial charge in [-0.1, -0.05) is 42.5 Å². The normalized spacial score (nSPS) is 13.5. The van der Waals surface area contributed by atoms with Crippen LogP contribution in [0.3, 0.4) is 0 Å². The quantitative estimate of drug-likeness (QED) is 0.452. The van der Waals surface area contributed by atoms with Gasteiger partial charge in [0.05, 0.1) is 6.04 Å². The van der Waals surface area contributed by atoms with Gasteiger partial charge in [-0.25, -0.2) is 0 Å². The van der Waals surface area contributed by atoms with Gasteiger partial charge in [-0.3, -0.25) is 4.79 Å². The van der Waals surface area contributed by atoms with Crippen molar-refractivity contribution in [2.24, 2.45) is 0 Å². The molecule has 0 bridgehead atoms. The molecule has 1 aromatic heterocycles. The summed E-state index contributed by atoms with van der Waals surface area (Å²) in [6.45, 7) is 3.20. The van der Waals surface area contributed by atoms with Gasteiger partial charge < -0.3 is 23.9 Å². The first-order chi connectivity index (χ1) is 15.7. The highest BCUT2D eigenvalue weighted by Gasteiger charge is 2.23. The molecule has 1 unspecified atom stereocenters. The highest BCUT2D eigenvalue weighted by molar-refractivity contribution is 5.99. The molecule has 4 aromatic rings. The van der Waals surface area contributed by atoms with Crippen LogP contribution in [0.25, 0.3) is 11.0 Å². The van der Waals surface area contributed by atoms with E-state index in [0.717, 1.165) is 28.0 Å². The zero-order chi connectivity index (χ0) is 21.9. The van der Waals surface area contributed by atoms with Crippen molar-refractivity contribution in [3.63, 3.8) is 0 Å². The SMILES string of the molecule is CC(NC(=O)c1oc2ccccc2c1COc1ccccc1)c1ccc2c(c1)OCCO2. The van der Waals surface area contributed by atoms with Crippen molar-refractivity contribution in [2.45, 2.75) is 19.6 Å². The summed E-state index contributed by atoms with van der Waals surface area (Å²) < 4.78 is 23.1. The monoisotopic (exact) mass is 429 g/mol. The minimum absolute atomic E-state index is 0.224. The van der Waals surface area contributed by atoms with Gasteiger partial charge in [0.1, 0.15) is 31.2 Å². The molecular weight excluding hydrogens is 406 g/mol. The lowest BCUT2D eigenvalue weighted by atomic mass is 10.1. The average molecular weight is 429 g/mol. The Bertz CT molecular complexity index is 1250. The van der Waals surface area contributed by atoms with Crippen molar-refractivity contribution in [3.05, 3.63) is 89.7 Å². The van der Waals surface area contributed by atoms with Crippen LogP contribution in [-0.4, -0.2) is 19.1 Å². The van der Waals surface area contributed by atoms with Crippen LogP contribution in [0.1, 0.15) is 34.6 Å². The standard InChI is InChI=1S/C26H23NO5/c1-17(18-11-12-23-24(15-18)30-14-13-29-23)27-26(28)25-21(16-31-19-7-3-2-4-8-19)20-9-5-6-10-22(20)32-25/h2-12,15,17H,13-14,16H2,1H3,(H,27,28). The van der Waals surface area contributed by atoms with Crippen LogP contribution in [0.4, 0.5) is 0 Å². The lowest BCUT2D eigenvalue weighted by Gasteiger charge is -2.21. The molecule has 3 aromatic carbocycles. The average Bonchev–Trinajstić information content (AvgIpc) is 3.22. The topological polar surface area (TPSA) is 69.9 Å². The molecule has 1 aliphatic heterocycles. The van der Waals surface area contributed by atoms with E-state index in [1.807, 2.05) is 79.7 Å². The van der Waals surface area contributed by atoms with Crippen LogP contribution in [0.15, 0.2) is 77.2 Å². The van der Waals surface area contributed by atoms with E-state index >= 15 is 0 Å². The van der Waals surface area contributed by atoms with E-state index in [0.29, 0.717) is 24.5 Å². The largest absolute Gasteiger partial charge is 0.489 e. The van der Waals surface area contributed by atoms with Crippen molar-refractivity contribution in [1.29, 1.82) is 0 Å². The number of hydrogen-bond donors (Lipinski definition) is 1. The number of para-hydroxylation sites is 2. The number of nitrogens with one attached hydrogen (secondary N) is 1. The number of ether oxygens (including phenoxy) is 3. The van der Waals surface area contributed by atoms with Crippen LogP contribution >= 0.6 is 0 Å². The molecule has 1 amide bonds. The lowest BCUT2D eigenvalue weighted by molar-refractivity contribution is 0.0910. The second-order valence-corrected chi connectivity index (χ2v) is 7.61. The van der Waals surface area contributed by atoms with E-state index in [2.05, 4.69) is 5.32 Å². The Kier molecular flexibility index (Phi) is 5.42. The molecule has 5 rings (SSSR count). The Balaban J connectivity index is 1.39. The third-order valence-electron chi connectivity index (χ3n) is 5.44. The summed E-state index contributed by atoms with van der Waals surface area (Å²) in [7, 11) is 0. The molecule has 32 heavy (non-hydrogen) atoms. The van der Waals surface area contributed by atoms with Crippen molar-refractivity contribution >= 4 is 16.9 Å². The van der Waals surface area contributed by atoms with Crippen LogP contribution in [0, 0.1) is 0 Å². The first-order valence-electron chi connectivity index (χ1n) is 10.6. The number of fused-ring (bicyclic) bond motifs is 2. The number of benzene rings is 3. The maximum atomic E-state index is 13.2. The number of furan rings is 1. The zero-order valence-corrected chi connectivity index (χ0v) is 17.7. The van der Waals surface area contributed by atoms with Crippen molar-refractivity contribution in [1.82, 2.24) is 5.32 Å². The maximum absolute atomic E-state index is 13.2. The zero-order valence-electron chi connectivity index (χ0n) is 17.7. The minimum atomic E-state index is -0.296. The van der Waals surface area contributed by atoms with Gasteiger partial charge in [-0.05, 0) is 42.8 Å². The molecular formula is C26H23NO5. The van der Waals surface area contributed by atoms with E-state index < -0.39 is 0 Å². The number of hydrogen-bond acceptors (Lipinski definition) is 5.